The van der Waals surface area contributed by atoms with E-state index in [9.17, 15) is 18.0 Å². The summed E-state index contributed by atoms with van der Waals surface area (Å²) in [5, 5.41) is 17.8. The number of alkyl halides is 3. The zero-order chi connectivity index (χ0) is 13.2. The first-order valence-electron chi connectivity index (χ1n) is 5.45. The molecule has 1 rings (SSSR count). The summed E-state index contributed by atoms with van der Waals surface area (Å²) in [6, 6.07) is -0.906. The Morgan fingerprint density at radius 3 is 2.35 bits per heavy atom. The van der Waals surface area contributed by atoms with Crippen molar-refractivity contribution in [3.8, 4) is 0 Å². The lowest BCUT2D eigenvalue weighted by molar-refractivity contribution is -0.183. The van der Waals surface area contributed by atoms with E-state index in [1.165, 1.54) is 4.90 Å². The molecule has 7 heteroatoms. The van der Waals surface area contributed by atoms with Crippen LogP contribution in [0.4, 0.5) is 13.2 Å². The minimum atomic E-state index is -4.39. The van der Waals surface area contributed by atoms with Crippen LogP contribution in [-0.2, 0) is 4.79 Å². The van der Waals surface area contributed by atoms with Gasteiger partial charge in [0.05, 0.1) is 5.92 Å². The molecular formula is C10H16F3NO3. The topological polar surface area (TPSA) is 60.8 Å². The van der Waals surface area contributed by atoms with E-state index in [-0.39, 0.29) is 19.5 Å². The second-order valence-electron chi connectivity index (χ2n) is 4.31. The fraction of sp³-hybridized carbons (Fsp3) is 0.900. The summed E-state index contributed by atoms with van der Waals surface area (Å²) in [5.74, 6) is -3.68. The minimum absolute atomic E-state index is 0.0223. The number of carbonyl (C=O) groups is 1. The first-order valence-corrected chi connectivity index (χ1v) is 5.45. The summed E-state index contributed by atoms with van der Waals surface area (Å²) in [5.41, 5.74) is 0. The molecule has 1 aliphatic heterocycles. The van der Waals surface area contributed by atoms with E-state index in [2.05, 4.69) is 0 Å². The molecule has 0 aromatic carbocycles. The molecule has 3 atom stereocenters. The highest BCUT2D eigenvalue weighted by molar-refractivity contribution is 5.73. The van der Waals surface area contributed by atoms with Crippen molar-refractivity contribution in [2.45, 2.75) is 25.6 Å². The largest absolute Gasteiger partial charge is 0.480 e. The van der Waals surface area contributed by atoms with Gasteiger partial charge in [0, 0.05) is 25.6 Å². The van der Waals surface area contributed by atoms with Gasteiger partial charge in [-0.05, 0) is 6.42 Å². The molecule has 0 spiro atoms. The minimum Gasteiger partial charge on any atom is -0.480 e. The van der Waals surface area contributed by atoms with E-state index in [1.54, 1.807) is 6.92 Å². The van der Waals surface area contributed by atoms with Gasteiger partial charge in [0.2, 0.25) is 0 Å². The number of carboxylic acids is 1. The zero-order valence-electron chi connectivity index (χ0n) is 9.44. The molecule has 1 heterocycles. The van der Waals surface area contributed by atoms with Crippen molar-refractivity contribution in [1.82, 2.24) is 4.90 Å². The molecular weight excluding hydrogens is 239 g/mol. The van der Waals surface area contributed by atoms with Crippen LogP contribution in [0.25, 0.3) is 0 Å². The lowest BCUT2D eigenvalue weighted by Gasteiger charge is -2.23. The highest BCUT2D eigenvalue weighted by atomic mass is 19.4. The van der Waals surface area contributed by atoms with Gasteiger partial charge >= 0.3 is 12.1 Å². The summed E-state index contributed by atoms with van der Waals surface area (Å²) in [4.78, 5) is 12.2. The number of aliphatic hydroxyl groups is 1. The van der Waals surface area contributed by atoms with Crippen molar-refractivity contribution < 1.29 is 28.2 Å². The van der Waals surface area contributed by atoms with Crippen LogP contribution in [0.2, 0.25) is 0 Å². The molecule has 0 aliphatic carbocycles. The standard InChI is InChI=1S/C10H16F3NO3/c1-2-8(9(16)17)14-3-6(5-15)7(4-14)10(11,12)13/h6-8,15H,2-5H2,1H3,(H,16,17)/t6-,7-,8-/m1/s1. The Kier molecular flexibility index (Phi) is 4.37. The molecule has 100 valence electrons. The maximum atomic E-state index is 12.7. The SMILES string of the molecule is CC[C@H](C(=O)O)N1C[C@H](CO)[C@H](C(F)(F)F)C1. The number of carboxylic acid groups (broad SMARTS) is 1. The van der Waals surface area contributed by atoms with Crippen LogP contribution in [0.3, 0.4) is 0 Å². The first kappa shape index (κ1) is 14.2. The molecule has 1 saturated heterocycles. The van der Waals surface area contributed by atoms with Gasteiger partial charge in [-0.25, -0.2) is 0 Å². The predicted molar refractivity (Wildman–Crippen MR) is 53.4 cm³/mol. The Labute approximate surface area is 97.0 Å². The van der Waals surface area contributed by atoms with Crippen LogP contribution in [0.5, 0.6) is 0 Å². The Morgan fingerprint density at radius 2 is 2.06 bits per heavy atom. The molecule has 1 aliphatic rings. The number of aliphatic hydroxyl groups excluding tert-OH is 1. The van der Waals surface area contributed by atoms with E-state index in [1.807, 2.05) is 0 Å². The van der Waals surface area contributed by atoms with Crippen molar-refractivity contribution in [3.63, 3.8) is 0 Å². The molecule has 0 amide bonds. The number of likely N-dealkylation sites (tertiary alicyclic amines) is 1. The Balaban J connectivity index is 2.79. The van der Waals surface area contributed by atoms with E-state index < -0.39 is 36.6 Å². The molecule has 4 nitrogen and oxygen atoms in total. The lowest BCUT2D eigenvalue weighted by atomic mass is 9.97. The van der Waals surface area contributed by atoms with Crippen molar-refractivity contribution in [3.05, 3.63) is 0 Å². The van der Waals surface area contributed by atoms with Gasteiger partial charge < -0.3 is 10.2 Å². The normalized spacial score (nSPS) is 28.3. The number of nitrogens with zero attached hydrogens (tertiary/aromatic N) is 1. The molecule has 1 fully saturated rings. The number of hydrogen-bond acceptors (Lipinski definition) is 3. The quantitative estimate of drug-likeness (QED) is 0.785. The third kappa shape index (κ3) is 3.10. The van der Waals surface area contributed by atoms with Crippen LogP contribution in [0.15, 0.2) is 0 Å². The van der Waals surface area contributed by atoms with E-state index in [0.29, 0.717) is 0 Å². The van der Waals surface area contributed by atoms with Crippen molar-refractivity contribution in [2.24, 2.45) is 11.8 Å². The fourth-order valence-electron chi connectivity index (χ4n) is 2.30. The maximum absolute atomic E-state index is 12.7. The summed E-state index contributed by atoms with van der Waals surface area (Å²) in [6.07, 6.45) is -4.14. The van der Waals surface area contributed by atoms with Crippen LogP contribution in [-0.4, -0.2) is 53.0 Å². The van der Waals surface area contributed by atoms with E-state index in [0.717, 1.165) is 0 Å². The van der Waals surface area contributed by atoms with E-state index >= 15 is 0 Å². The molecule has 0 aromatic rings. The van der Waals surface area contributed by atoms with E-state index in [4.69, 9.17) is 10.2 Å². The van der Waals surface area contributed by atoms with Gasteiger partial charge in [-0.2, -0.15) is 13.2 Å². The Bertz CT molecular complexity index is 282. The van der Waals surface area contributed by atoms with Crippen LogP contribution in [0, 0.1) is 11.8 Å². The van der Waals surface area contributed by atoms with Crippen LogP contribution in [0.1, 0.15) is 13.3 Å². The highest BCUT2D eigenvalue weighted by Gasteiger charge is 2.50. The fourth-order valence-corrected chi connectivity index (χ4v) is 2.30. The zero-order valence-corrected chi connectivity index (χ0v) is 9.44. The molecule has 0 unspecified atom stereocenters. The van der Waals surface area contributed by atoms with Gasteiger partial charge in [-0.15, -0.1) is 0 Å². The Hall–Kier alpha value is -0.820. The predicted octanol–water partition coefficient (Wildman–Crippen LogP) is 0.952. The third-order valence-electron chi connectivity index (χ3n) is 3.24. The summed E-state index contributed by atoms with van der Waals surface area (Å²) >= 11 is 0. The number of aliphatic carboxylic acids is 1. The average Bonchev–Trinajstić information content (AvgIpc) is 2.61. The van der Waals surface area contributed by atoms with Gasteiger partial charge in [0.25, 0.3) is 0 Å². The number of rotatable bonds is 4. The Morgan fingerprint density at radius 1 is 1.47 bits per heavy atom. The van der Waals surface area contributed by atoms with Crippen LogP contribution >= 0.6 is 0 Å². The molecule has 17 heavy (non-hydrogen) atoms. The average molecular weight is 255 g/mol. The smallest absolute Gasteiger partial charge is 0.393 e. The molecule has 0 bridgehead atoms. The summed E-state index contributed by atoms with van der Waals surface area (Å²) in [6.45, 7) is 0.676. The van der Waals surface area contributed by atoms with Crippen molar-refractivity contribution >= 4 is 5.97 Å². The summed E-state index contributed by atoms with van der Waals surface area (Å²) in [7, 11) is 0. The third-order valence-corrected chi connectivity index (χ3v) is 3.24. The lowest BCUT2D eigenvalue weighted by Crippen LogP contribution is -2.40. The molecule has 2 N–H and O–H groups in total. The van der Waals surface area contributed by atoms with Crippen molar-refractivity contribution in [2.75, 3.05) is 19.7 Å². The number of halogens is 3. The van der Waals surface area contributed by atoms with Gasteiger partial charge in [-0.1, -0.05) is 6.92 Å². The molecule has 0 radical (unpaired) electrons. The first-order chi connectivity index (χ1) is 7.81. The maximum Gasteiger partial charge on any atom is 0.393 e. The van der Waals surface area contributed by atoms with Gasteiger partial charge in [0.15, 0.2) is 0 Å². The van der Waals surface area contributed by atoms with Crippen LogP contribution < -0.4 is 0 Å². The monoisotopic (exact) mass is 255 g/mol. The second kappa shape index (κ2) is 5.22. The van der Waals surface area contributed by atoms with Crippen molar-refractivity contribution in [1.29, 1.82) is 0 Å². The molecule has 0 aromatic heterocycles. The highest BCUT2D eigenvalue weighted by Crippen LogP contribution is 2.38. The number of hydrogen-bond donors (Lipinski definition) is 2. The summed E-state index contributed by atoms with van der Waals surface area (Å²) < 4.78 is 38.0. The van der Waals surface area contributed by atoms with Gasteiger partial charge in [-0.3, -0.25) is 9.69 Å². The second-order valence-corrected chi connectivity index (χ2v) is 4.31. The van der Waals surface area contributed by atoms with Gasteiger partial charge in [0.1, 0.15) is 6.04 Å². The molecule has 0 saturated carbocycles.